The minimum Gasteiger partial charge on any atom is -0.467 e. The molecule has 1 atom stereocenters. The molecule has 1 aliphatic rings. The van der Waals surface area contributed by atoms with Crippen LogP contribution >= 0.6 is 0 Å². The molecule has 2 rings (SSSR count). The van der Waals surface area contributed by atoms with Crippen LogP contribution in [0, 0.1) is 0 Å². The van der Waals surface area contributed by atoms with Crippen LogP contribution in [-0.2, 0) is 27.3 Å². The topological polar surface area (TPSA) is 46.6 Å². The Labute approximate surface area is 106 Å². The Kier molecular flexibility index (Phi) is 3.46. The third-order valence-electron chi connectivity index (χ3n) is 3.18. The average molecular weight is 245 g/mol. The van der Waals surface area contributed by atoms with Crippen LogP contribution in [0.3, 0.4) is 0 Å². The van der Waals surface area contributed by atoms with E-state index in [1.165, 1.54) is 18.1 Å². The van der Waals surface area contributed by atoms with Gasteiger partial charge in [-0.2, -0.15) is 0 Å². The third kappa shape index (κ3) is 2.14. The van der Waals surface area contributed by atoms with Gasteiger partial charge in [0, 0.05) is 13.0 Å². The van der Waals surface area contributed by atoms with Gasteiger partial charge in [0.2, 0.25) is 5.91 Å². The van der Waals surface area contributed by atoms with Crippen molar-refractivity contribution in [3.8, 4) is 0 Å². The first-order valence-electron chi connectivity index (χ1n) is 5.75. The number of carbonyl (C=O) groups excluding carboxylic acids is 2. The van der Waals surface area contributed by atoms with Crippen LogP contribution in [0.1, 0.15) is 11.1 Å². The van der Waals surface area contributed by atoms with Crippen molar-refractivity contribution < 1.29 is 14.3 Å². The van der Waals surface area contributed by atoms with Crippen LogP contribution in [0.2, 0.25) is 0 Å². The summed E-state index contributed by atoms with van der Waals surface area (Å²) in [6.45, 7) is 3.89. The molecular weight excluding hydrogens is 230 g/mol. The van der Waals surface area contributed by atoms with E-state index in [4.69, 9.17) is 4.74 Å². The molecule has 0 N–H and O–H groups in total. The number of hydrogen-bond donors (Lipinski definition) is 0. The van der Waals surface area contributed by atoms with Crippen molar-refractivity contribution >= 4 is 11.9 Å². The molecule has 4 heteroatoms. The van der Waals surface area contributed by atoms with E-state index in [1.807, 2.05) is 24.3 Å². The molecule has 1 amide bonds. The lowest BCUT2D eigenvalue weighted by Crippen LogP contribution is -2.48. The normalized spacial score (nSPS) is 17.8. The van der Waals surface area contributed by atoms with Gasteiger partial charge in [0.05, 0.1) is 7.11 Å². The predicted octanol–water partition coefficient (Wildman–Crippen LogP) is 1.30. The zero-order valence-electron chi connectivity index (χ0n) is 10.3. The number of fused-ring (bicyclic) bond motifs is 1. The van der Waals surface area contributed by atoms with Crippen LogP contribution in [0.25, 0.3) is 0 Å². The molecule has 0 radical (unpaired) electrons. The SMILES string of the molecule is C=CC(=O)N1Cc2ccccc2C[C@@H]1C(=O)OC. The quantitative estimate of drug-likeness (QED) is 0.583. The van der Waals surface area contributed by atoms with E-state index in [9.17, 15) is 9.59 Å². The summed E-state index contributed by atoms with van der Waals surface area (Å²) in [5.74, 6) is -0.639. The fraction of sp³-hybridized carbons (Fsp3) is 0.286. The minimum absolute atomic E-state index is 0.250. The fourth-order valence-corrected chi connectivity index (χ4v) is 2.22. The summed E-state index contributed by atoms with van der Waals surface area (Å²) in [6, 6.07) is 7.23. The first-order valence-corrected chi connectivity index (χ1v) is 5.75. The molecule has 1 aromatic rings. The molecular formula is C14H15NO3. The summed E-state index contributed by atoms with van der Waals surface area (Å²) in [4.78, 5) is 25.1. The number of esters is 1. The molecule has 0 unspecified atom stereocenters. The van der Waals surface area contributed by atoms with Gasteiger partial charge in [-0.05, 0) is 17.2 Å². The number of rotatable bonds is 2. The lowest BCUT2D eigenvalue weighted by molar-refractivity contribution is -0.152. The summed E-state index contributed by atoms with van der Waals surface area (Å²) >= 11 is 0. The van der Waals surface area contributed by atoms with E-state index >= 15 is 0 Å². The number of hydrogen-bond acceptors (Lipinski definition) is 3. The molecule has 0 spiro atoms. The molecule has 18 heavy (non-hydrogen) atoms. The van der Waals surface area contributed by atoms with Crippen molar-refractivity contribution in [3.05, 3.63) is 48.0 Å². The number of benzene rings is 1. The largest absolute Gasteiger partial charge is 0.467 e. The number of ether oxygens (including phenoxy) is 1. The predicted molar refractivity (Wildman–Crippen MR) is 66.7 cm³/mol. The molecule has 1 aromatic carbocycles. The third-order valence-corrected chi connectivity index (χ3v) is 3.18. The first kappa shape index (κ1) is 12.4. The summed E-state index contributed by atoms with van der Waals surface area (Å²) in [7, 11) is 1.33. The zero-order chi connectivity index (χ0) is 13.1. The summed E-state index contributed by atoms with van der Waals surface area (Å²) in [6.07, 6.45) is 1.71. The molecule has 4 nitrogen and oxygen atoms in total. The average Bonchev–Trinajstić information content (AvgIpc) is 2.44. The van der Waals surface area contributed by atoms with Crippen LogP contribution in [0.15, 0.2) is 36.9 Å². The fourth-order valence-electron chi connectivity index (χ4n) is 2.22. The standard InChI is InChI=1S/C14H15NO3/c1-3-13(16)15-9-11-7-5-4-6-10(11)8-12(15)14(17)18-2/h3-7,12H,1,8-9H2,2H3/t12-/m1/s1. The number of amides is 1. The van der Waals surface area contributed by atoms with Gasteiger partial charge in [-0.15, -0.1) is 0 Å². The highest BCUT2D eigenvalue weighted by Crippen LogP contribution is 2.24. The van der Waals surface area contributed by atoms with Crippen LogP contribution in [0.5, 0.6) is 0 Å². The van der Waals surface area contributed by atoms with Gasteiger partial charge in [0.15, 0.2) is 0 Å². The zero-order valence-corrected chi connectivity index (χ0v) is 10.3. The first-order chi connectivity index (χ1) is 8.67. The van der Waals surface area contributed by atoms with Gasteiger partial charge in [0.25, 0.3) is 0 Å². The molecule has 0 bridgehead atoms. The van der Waals surface area contributed by atoms with Gasteiger partial charge in [-0.3, -0.25) is 4.79 Å². The molecule has 0 saturated heterocycles. The molecule has 1 heterocycles. The Balaban J connectivity index is 2.36. The lowest BCUT2D eigenvalue weighted by atomic mass is 9.94. The van der Waals surface area contributed by atoms with Crippen molar-refractivity contribution in [2.24, 2.45) is 0 Å². The van der Waals surface area contributed by atoms with Gasteiger partial charge < -0.3 is 9.64 Å². The molecule has 1 aliphatic heterocycles. The van der Waals surface area contributed by atoms with Crippen molar-refractivity contribution in [2.45, 2.75) is 19.0 Å². The Morgan fingerprint density at radius 3 is 2.67 bits per heavy atom. The van der Waals surface area contributed by atoms with Crippen LogP contribution < -0.4 is 0 Å². The molecule has 0 aliphatic carbocycles. The minimum atomic E-state index is -0.560. The molecule has 94 valence electrons. The van der Waals surface area contributed by atoms with E-state index < -0.39 is 6.04 Å². The van der Waals surface area contributed by atoms with Crippen molar-refractivity contribution in [1.29, 1.82) is 0 Å². The Bertz CT molecular complexity index is 496. The van der Waals surface area contributed by atoms with Crippen molar-refractivity contribution in [3.63, 3.8) is 0 Å². The van der Waals surface area contributed by atoms with Crippen molar-refractivity contribution in [1.82, 2.24) is 4.90 Å². The van der Waals surface area contributed by atoms with Crippen molar-refractivity contribution in [2.75, 3.05) is 7.11 Å². The lowest BCUT2D eigenvalue weighted by Gasteiger charge is -2.34. The second-order valence-corrected chi connectivity index (χ2v) is 4.18. The van der Waals surface area contributed by atoms with E-state index in [1.54, 1.807) is 0 Å². The molecule has 0 aromatic heterocycles. The van der Waals surface area contributed by atoms with E-state index in [2.05, 4.69) is 6.58 Å². The highest BCUT2D eigenvalue weighted by molar-refractivity contribution is 5.91. The molecule has 0 fully saturated rings. The summed E-state index contributed by atoms with van der Waals surface area (Å²) in [5, 5.41) is 0. The maximum atomic E-state index is 11.8. The maximum absolute atomic E-state index is 11.8. The maximum Gasteiger partial charge on any atom is 0.328 e. The van der Waals surface area contributed by atoms with Crippen LogP contribution in [-0.4, -0.2) is 29.9 Å². The summed E-state index contributed by atoms with van der Waals surface area (Å²) < 4.78 is 4.76. The Hall–Kier alpha value is -2.10. The van der Waals surface area contributed by atoms with Gasteiger partial charge in [-0.1, -0.05) is 30.8 Å². The van der Waals surface area contributed by atoms with Crippen LogP contribution in [0.4, 0.5) is 0 Å². The second kappa shape index (κ2) is 5.04. The number of nitrogens with zero attached hydrogens (tertiary/aromatic N) is 1. The Morgan fingerprint density at radius 2 is 2.06 bits per heavy atom. The van der Waals surface area contributed by atoms with Gasteiger partial charge >= 0.3 is 5.97 Å². The number of methoxy groups -OCH3 is 1. The van der Waals surface area contributed by atoms with E-state index in [-0.39, 0.29) is 11.9 Å². The van der Waals surface area contributed by atoms with E-state index in [0.717, 1.165) is 11.1 Å². The monoisotopic (exact) mass is 245 g/mol. The van der Waals surface area contributed by atoms with Gasteiger partial charge in [-0.25, -0.2) is 4.79 Å². The molecule has 0 saturated carbocycles. The van der Waals surface area contributed by atoms with Gasteiger partial charge in [0.1, 0.15) is 6.04 Å². The number of carbonyl (C=O) groups is 2. The summed E-state index contributed by atoms with van der Waals surface area (Å²) in [5.41, 5.74) is 2.15. The highest BCUT2D eigenvalue weighted by atomic mass is 16.5. The van der Waals surface area contributed by atoms with E-state index in [0.29, 0.717) is 13.0 Å². The Morgan fingerprint density at radius 1 is 1.39 bits per heavy atom. The second-order valence-electron chi connectivity index (χ2n) is 4.18. The highest BCUT2D eigenvalue weighted by Gasteiger charge is 2.34. The smallest absolute Gasteiger partial charge is 0.328 e.